The smallest absolute Gasteiger partial charge is 0.340 e. The molecule has 3 heterocycles. The highest BCUT2D eigenvalue weighted by atomic mass is 16.5. The first kappa shape index (κ1) is 16.8. The lowest BCUT2D eigenvalue weighted by molar-refractivity contribution is 0.0151. The van der Waals surface area contributed by atoms with Crippen LogP contribution < -0.4 is 0 Å². The number of aliphatic hydroxyl groups excluding tert-OH is 1. The number of H-pyrrole nitrogens is 1. The van der Waals surface area contributed by atoms with Crippen molar-refractivity contribution in [2.45, 2.75) is 18.6 Å². The van der Waals surface area contributed by atoms with E-state index in [4.69, 9.17) is 4.74 Å². The number of esters is 1. The van der Waals surface area contributed by atoms with Crippen molar-refractivity contribution in [3.8, 4) is 0 Å². The maximum absolute atomic E-state index is 11.9. The van der Waals surface area contributed by atoms with Crippen LogP contribution in [0.15, 0.2) is 48.7 Å². The van der Waals surface area contributed by atoms with Crippen LogP contribution in [-0.4, -0.2) is 46.1 Å². The summed E-state index contributed by atoms with van der Waals surface area (Å²) in [5, 5.41) is 10.8. The van der Waals surface area contributed by atoms with Crippen LogP contribution in [0.25, 0.3) is 11.0 Å². The molecule has 2 N–H and O–H groups in total. The van der Waals surface area contributed by atoms with Crippen LogP contribution in [0.5, 0.6) is 0 Å². The number of ether oxygens (including phenoxy) is 1. The van der Waals surface area contributed by atoms with Gasteiger partial charge in [0.1, 0.15) is 6.23 Å². The standard InChI is InChI=1S/C20H21N3O3/c1-26-20(25)15-7-9-21-16-11-17(22-18(15)16)19(24)23-10-8-14(12-23)13-5-3-2-4-6-13/h2-7,9,11,14,19,22,24H,8,10,12H2,1H3. The van der Waals surface area contributed by atoms with Crippen molar-refractivity contribution in [3.05, 3.63) is 65.5 Å². The molecule has 0 bridgehead atoms. The van der Waals surface area contributed by atoms with Crippen molar-refractivity contribution in [2.75, 3.05) is 20.2 Å². The largest absolute Gasteiger partial charge is 0.465 e. The molecule has 3 aromatic rings. The zero-order valence-corrected chi connectivity index (χ0v) is 14.6. The molecule has 1 aliphatic heterocycles. The minimum absolute atomic E-state index is 0.416. The van der Waals surface area contributed by atoms with Gasteiger partial charge in [-0.15, -0.1) is 0 Å². The molecule has 2 unspecified atom stereocenters. The summed E-state index contributed by atoms with van der Waals surface area (Å²) in [5.41, 5.74) is 3.58. The number of benzene rings is 1. The number of nitrogens with one attached hydrogen (secondary N) is 1. The number of fused-ring (bicyclic) bond motifs is 1. The molecule has 0 aliphatic carbocycles. The Morgan fingerprint density at radius 2 is 2.15 bits per heavy atom. The average Bonchev–Trinajstić information content (AvgIpc) is 3.34. The number of carbonyl (C=O) groups excluding carboxylic acids is 1. The number of aromatic nitrogens is 2. The number of hydrogen-bond acceptors (Lipinski definition) is 5. The number of methoxy groups -OCH3 is 1. The van der Waals surface area contributed by atoms with E-state index in [2.05, 4.69) is 22.1 Å². The SMILES string of the molecule is COC(=O)c1ccnc2cc(C(O)N3CCC(c4ccccc4)C3)[nH]c12. The van der Waals surface area contributed by atoms with Crippen LogP contribution in [-0.2, 0) is 4.74 Å². The highest BCUT2D eigenvalue weighted by Crippen LogP contribution is 2.32. The predicted octanol–water partition coefficient (Wildman–Crippen LogP) is 2.83. The van der Waals surface area contributed by atoms with Crippen LogP contribution >= 0.6 is 0 Å². The first-order valence-corrected chi connectivity index (χ1v) is 8.70. The Morgan fingerprint density at radius 3 is 2.92 bits per heavy atom. The lowest BCUT2D eigenvalue weighted by atomic mass is 9.99. The van der Waals surface area contributed by atoms with E-state index in [0.717, 1.165) is 19.5 Å². The number of aromatic amines is 1. The quantitative estimate of drug-likeness (QED) is 0.707. The van der Waals surface area contributed by atoms with E-state index in [9.17, 15) is 9.90 Å². The van der Waals surface area contributed by atoms with E-state index in [0.29, 0.717) is 28.2 Å². The molecule has 2 atom stereocenters. The maximum Gasteiger partial charge on any atom is 0.340 e. The summed E-state index contributed by atoms with van der Waals surface area (Å²) in [5.74, 6) is -0.00964. The second-order valence-corrected chi connectivity index (χ2v) is 6.60. The first-order chi connectivity index (χ1) is 12.7. The zero-order chi connectivity index (χ0) is 18.1. The number of nitrogens with zero attached hydrogens (tertiary/aromatic N) is 2. The molecule has 26 heavy (non-hydrogen) atoms. The fourth-order valence-electron chi connectivity index (χ4n) is 3.67. The van der Waals surface area contributed by atoms with Gasteiger partial charge in [-0.05, 0) is 30.0 Å². The Balaban J connectivity index is 1.57. The Morgan fingerprint density at radius 1 is 1.35 bits per heavy atom. The summed E-state index contributed by atoms with van der Waals surface area (Å²) < 4.78 is 4.82. The normalized spacial score (nSPS) is 18.9. The van der Waals surface area contributed by atoms with Gasteiger partial charge in [0.05, 0.1) is 29.4 Å². The monoisotopic (exact) mass is 351 g/mol. The van der Waals surface area contributed by atoms with Gasteiger partial charge in [0.15, 0.2) is 0 Å². The first-order valence-electron chi connectivity index (χ1n) is 8.70. The van der Waals surface area contributed by atoms with Gasteiger partial charge in [0.25, 0.3) is 0 Å². The molecule has 0 radical (unpaired) electrons. The van der Waals surface area contributed by atoms with E-state index in [-0.39, 0.29) is 0 Å². The molecule has 1 fully saturated rings. The fraction of sp³-hybridized carbons (Fsp3) is 0.300. The number of likely N-dealkylation sites (tertiary alicyclic amines) is 1. The minimum Gasteiger partial charge on any atom is -0.465 e. The van der Waals surface area contributed by atoms with Crippen molar-refractivity contribution in [1.29, 1.82) is 0 Å². The molecule has 0 amide bonds. The van der Waals surface area contributed by atoms with Gasteiger partial charge in [-0.25, -0.2) is 4.79 Å². The van der Waals surface area contributed by atoms with Crippen LogP contribution in [0.3, 0.4) is 0 Å². The molecule has 1 aromatic carbocycles. The van der Waals surface area contributed by atoms with E-state index < -0.39 is 12.2 Å². The Bertz CT molecular complexity index is 922. The van der Waals surface area contributed by atoms with Crippen LogP contribution in [0.2, 0.25) is 0 Å². The van der Waals surface area contributed by atoms with Crippen LogP contribution in [0.4, 0.5) is 0 Å². The fourth-order valence-corrected chi connectivity index (χ4v) is 3.67. The lowest BCUT2D eigenvalue weighted by Crippen LogP contribution is -2.26. The van der Waals surface area contributed by atoms with Crippen LogP contribution in [0, 0.1) is 0 Å². The van der Waals surface area contributed by atoms with Gasteiger partial charge in [-0.2, -0.15) is 0 Å². The molecular formula is C20H21N3O3. The summed E-state index contributed by atoms with van der Waals surface area (Å²) in [6.07, 6.45) is 1.82. The summed E-state index contributed by atoms with van der Waals surface area (Å²) in [4.78, 5) is 21.4. The van der Waals surface area contributed by atoms with E-state index >= 15 is 0 Å². The molecule has 1 saturated heterocycles. The van der Waals surface area contributed by atoms with Gasteiger partial charge < -0.3 is 14.8 Å². The number of rotatable bonds is 4. The van der Waals surface area contributed by atoms with Gasteiger partial charge in [-0.1, -0.05) is 30.3 Å². The third-order valence-electron chi connectivity index (χ3n) is 5.06. The van der Waals surface area contributed by atoms with Gasteiger partial charge in [0.2, 0.25) is 0 Å². The minimum atomic E-state index is -0.761. The van der Waals surface area contributed by atoms with Crippen LogP contribution in [0.1, 0.15) is 40.2 Å². The molecule has 134 valence electrons. The van der Waals surface area contributed by atoms with Gasteiger partial charge >= 0.3 is 5.97 Å². The second-order valence-electron chi connectivity index (χ2n) is 6.60. The zero-order valence-electron chi connectivity index (χ0n) is 14.6. The summed E-state index contributed by atoms with van der Waals surface area (Å²) in [7, 11) is 1.35. The number of pyridine rings is 1. The molecule has 4 rings (SSSR count). The van der Waals surface area contributed by atoms with E-state index in [1.165, 1.54) is 12.7 Å². The topological polar surface area (TPSA) is 78.5 Å². The average molecular weight is 351 g/mol. The van der Waals surface area contributed by atoms with Crippen molar-refractivity contribution < 1.29 is 14.6 Å². The van der Waals surface area contributed by atoms with E-state index in [1.54, 1.807) is 18.3 Å². The van der Waals surface area contributed by atoms with Crippen molar-refractivity contribution in [2.24, 2.45) is 0 Å². The Kier molecular flexibility index (Phi) is 4.44. The third-order valence-corrected chi connectivity index (χ3v) is 5.06. The third kappa shape index (κ3) is 2.98. The molecule has 1 aliphatic rings. The highest BCUT2D eigenvalue weighted by Gasteiger charge is 2.30. The molecule has 2 aromatic heterocycles. The molecule has 6 heteroatoms. The molecule has 6 nitrogen and oxygen atoms in total. The highest BCUT2D eigenvalue weighted by molar-refractivity contribution is 6.01. The molecular weight excluding hydrogens is 330 g/mol. The van der Waals surface area contributed by atoms with Gasteiger partial charge in [-0.3, -0.25) is 9.88 Å². The summed E-state index contributed by atoms with van der Waals surface area (Å²) in [6, 6.07) is 13.8. The summed E-state index contributed by atoms with van der Waals surface area (Å²) >= 11 is 0. The Hall–Kier alpha value is -2.70. The molecule has 0 saturated carbocycles. The maximum atomic E-state index is 11.9. The number of aliphatic hydroxyl groups is 1. The number of hydrogen-bond donors (Lipinski definition) is 2. The van der Waals surface area contributed by atoms with Crippen molar-refractivity contribution in [1.82, 2.24) is 14.9 Å². The predicted molar refractivity (Wildman–Crippen MR) is 97.8 cm³/mol. The Labute approximate surface area is 151 Å². The lowest BCUT2D eigenvalue weighted by Gasteiger charge is -2.22. The van der Waals surface area contributed by atoms with Gasteiger partial charge in [0, 0.05) is 19.3 Å². The van der Waals surface area contributed by atoms with E-state index in [1.807, 2.05) is 23.1 Å². The van der Waals surface area contributed by atoms with Crippen molar-refractivity contribution in [3.63, 3.8) is 0 Å². The second kappa shape index (κ2) is 6.90. The summed E-state index contributed by atoms with van der Waals surface area (Å²) in [6.45, 7) is 1.60. The number of carbonyl (C=O) groups is 1. The van der Waals surface area contributed by atoms with Crippen molar-refractivity contribution >= 4 is 17.0 Å². The molecule has 0 spiro atoms.